The van der Waals surface area contributed by atoms with Gasteiger partial charge in [-0.3, -0.25) is 4.18 Å². The van der Waals surface area contributed by atoms with Crippen LogP contribution in [-0.2, 0) is 25.6 Å². The topological polar surface area (TPSA) is 146 Å². The summed E-state index contributed by atoms with van der Waals surface area (Å²) in [6.07, 6.45) is 1.80. The summed E-state index contributed by atoms with van der Waals surface area (Å²) >= 11 is 6.14. The molecule has 33 heavy (non-hydrogen) atoms. The third-order valence-corrected chi connectivity index (χ3v) is 7.49. The van der Waals surface area contributed by atoms with Crippen molar-refractivity contribution in [1.82, 2.24) is 9.97 Å². The van der Waals surface area contributed by atoms with E-state index in [1.54, 1.807) is 13.2 Å². The monoisotopic (exact) mass is 496 g/mol. The fourth-order valence-corrected chi connectivity index (χ4v) is 5.74. The van der Waals surface area contributed by atoms with Gasteiger partial charge < -0.3 is 19.9 Å². The molecule has 0 saturated heterocycles. The van der Waals surface area contributed by atoms with Crippen molar-refractivity contribution in [2.24, 2.45) is 22.9 Å². The Kier molecular flexibility index (Phi) is 5.96. The van der Waals surface area contributed by atoms with Gasteiger partial charge in [0, 0.05) is 42.4 Å². The first-order chi connectivity index (χ1) is 15.7. The Balaban J connectivity index is 1.22. The highest BCUT2D eigenvalue weighted by molar-refractivity contribution is 7.84. The molecule has 0 amide bonds. The standard InChI is InChI=1S/C21H25ClN4O6S/c1-30-15-6-10-4-12(22)2-3-13(10)19(15)26-16-7-17(25-9-24-16)32-21-14-5-11(20(27)18(14)21)8-31-33(23,28)29/h2-4,7,9,11,14-15,18-21,27H,5-6,8H2,1H3,(H2,23,28,29)(H,24,25,26)/t11-,14+,15-,18?,19+,20+,21?/m0/s1. The van der Waals surface area contributed by atoms with Crippen molar-refractivity contribution in [3.63, 3.8) is 0 Å². The first-order valence-electron chi connectivity index (χ1n) is 10.6. The molecule has 2 fully saturated rings. The molecule has 4 N–H and O–H groups in total. The maximum Gasteiger partial charge on any atom is 0.333 e. The minimum absolute atomic E-state index is 0.0628. The molecule has 12 heteroatoms. The SMILES string of the molecule is CO[C@H]1Cc2cc(Cl)ccc2[C@H]1Nc1cc(OC2C3[C@H]2C[C@@H](COS(N)(=O)=O)[C@H]3O)ncn1. The number of ether oxygens (including phenoxy) is 2. The number of nitrogens with one attached hydrogen (secondary N) is 1. The highest BCUT2D eigenvalue weighted by Crippen LogP contribution is 2.56. The van der Waals surface area contributed by atoms with E-state index in [0.717, 1.165) is 17.5 Å². The second-order valence-corrected chi connectivity index (χ2v) is 10.4. The number of nitrogens with zero attached hydrogens (tertiary/aromatic N) is 2. The van der Waals surface area contributed by atoms with Crippen LogP contribution in [0.2, 0.25) is 5.02 Å². The van der Waals surface area contributed by atoms with Crippen molar-refractivity contribution >= 4 is 27.7 Å². The number of halogens is 1. The third kappa shape index (κ3) is 4.66. The van der Waals surface area contributed by atoms with E-state index in [1.807, 2.05) is 18.2 Å². The summed E-state index contributed by atoms with van der Waals surface area (Å²) in [4.78, 5) is 8.52. The molecule has 2 unspecified atom stereocenters. The molecule has 1 heterocycles. The number of benzene rings is 1. The molecule has 2 saturated carbocycles. The molecule has 7 atom stereocenters. The predicted octanol–water partition coefficient (Wildman–Crippen LogP) is 1.45. The quantitative estimate of drug-likeness (QED) is 0.494. The maximum atomic E-state index is 11.0. The number of rotatable bonds is 8. The summed E-state index contributed by atoms with van der Waals surface area (Å²) in [6.45, 7) is -0.129. The first-order valence-corrected chi connectivity index (χ1v) is 12.5. The summed E-state index contributed by atoms with van der Waals surface area (Å²) in [5.74, 6) is 0.739. The molecule has 3 aliphatic rings. The van der Waals surface area contributed by atoms with Crippen LogP contribution in [0.15, 0.2) is 30.6 Å². The highest BCUT2D eigenvalue weighted by atomic mass is 35.5. The van der Waals surface area contributed by atoms with Crippen LogP contribution >= 0.6 is 11.6 Å². The van der Waals surface area contributed by atoms with Crippen LogP contribution in [0.1, 0.15) is 23.6 Å². The van der Waals surface area contributed by atoms with E-state index < -0.39 is 16.4 Å². The summed E-state index contributed by atoms with van der Waals surface area (Å²) in [5.41, 5.74) is 2.25. The van der Waals surface area contributed by atoms with Gasteiger partial charge in [-0.1, -0.05) is 17.7 Å². The van der Waals surface area contributed by atoms with Crippen molar-refractivity contribution in [3.8, 4) is 5.88 Å². The van der Waals surface area contributed by atoms with E-state index in [9.17, 15) is 13.5 Å². The lowest BCUT2D eigenvalue weighted by molar-refractivity contribution is 0.0574. The van der Waals surface area contributed by atoms with Crippen LogP contribution in [0, 0.1) is 17.8 Å². The Morgan fingerprint density at radius 2 is 2.12 bits per heavy atom. The Labute approximate surface area is 196 Å². The minimum Gasteiger partial charge on any atom is -0.473 e. The van der Waals surface area contributed by atoms with Gasteiger partial charge in [0.15, 0.2) is 0 Å². The van der Waals surface area contributed by atoms with Crippen LogP contribution < -0.4 is 15.2 Å². The molecule has 10 nitrogen and oxygen atoms in total. The zero-order valence-corrected chi connectivity index (χ0v) is 19.4. The van der Waals surface area contributed by atoms with Crippen LogP contribution in [0.5, 0.6) is 5.88 Å². The fourth-order valence-electron chi connectivity index (χ4n) is 5.19. The minimum atomic E-state index is -4.02. The van der Waals surface area contributed by atoms with Crippen molar-refractivity contribution in [3.05, 3.63) is 46.7 Å². The molecule has 1 aromatic carbocycles. The van der Waals surface area contributed by atoms with Crippen LogP contribution in [-0.4, -0.2) is 55.5 Å². The molecule has 0 aliphatic heterocycles. The number of methoxy groups -OCH3 is 1. The Hall–Kier alpha value is -2.02. The Bertz CT molecular complexity index is 1150. The largest absolute Gasteiger partial charge is 0.473 e. The molecule has 178 valence electrons. The van der Waals surface area contributed by atoms with Gasteiger partial charge in [-0.2, -0.15) is 8.42 Å². The maximum absolute atomic E-state index is 11.0. The zero-order chi connectivity index (χ0) is 23.3. The molecule has 0 spiro atoms. The van der Waals surface area contributed by atoms with E-state index in [0.29, 0.717) is 23.1 Å². The summed E-state index contributed by atoms with van der Waals surface area (Å²) < 4.78 is 38.3. The number of fused-ring (bicyclic) bond motifs is 2. The molecule has 1 aromatic heterocycles. The van der Waals surface area contributed by atoms with E-state index in [4.69, 9.17) is 26.2 Å². The number of hydrogen-bond acceptors (Lipinski definition) is 9. The summed E-state index contributed by atoms with van der Waals surface area (Å²) in [7, 11) is -2.34. The average Bonchev–Trinajstić information content (AvgIpc) is 3.14. The van der Waals surface area contributed by atoms with Gasteiger partial charge in [-0.25, -0.2) is 15.1 Å². The Morgan fingerprint density at radius 1 is 1.30 bits per heavy atom. The molecule has 2 aromatic rings. The van der Waals surface area contributed by atoms with Gasteiger partial charge in [0.05, 0.1) is 24.9 Å². The molecule has 0 bridgehead atoms. The van der Waals surface area contributed by atoms with E-state index in [-0.39, 0.29) is 42.6 Å². The van der Waals surface area contributed by atoms with Crippen molar-refractivity contribution in [1.29, 1.82) is 0 Å². The lowest BCUT2D eigenvalue weighted by Crippen LogP contribution is -2.29. The van der Waals surface area contributed by atoms with Crippen LogP contribution in [0.4, 0.5) is 5.82 Å². The number of anilines is 1. The average molecular weight is 497 g/mol. The number of hydrogen-bond donors (Lipinski definition) is 3. The van der Waals surface area contributed by atoms with E-state index in [1.165, 1.54) is 6.33 Å². The van der Waals surface area contributed by atoms with Gasteiger partial charge in [0.25, 0.3) is 0 Å². The van der Waals surface area contributed by atoms with E-state index >= 15 is 0 Å². The number of nitrogens with two attached hydrogens (primary N) is 1. The molecule has 5 rings (SSSR count). The molecule has 3 aliphatic carbocycles. The van der Waals surface area contributed by atoms with Gasteiger partial charge in [0.1, 0.15) is 18.2 Å². The lowest BCUT2D eigenvalue weighted by atomic mass is 10.0. The second-order valence-electron chi connectivity index (χ2n) is 8.77. The van der Waals surface area contributed by atoms with Crippen LogP contribution in [0.3, 0.4) is 0 Å². The smallest absolute Gasteiger partial charge is 0.333 e. The number of aromatic nitrogens is 2. The van der Waals surface area contributed by atoms with Crippen molar-refractivity contribution < 1.29 is 27.2 Å². The van der Waals surface area contributed by atoms with Crippen molar-refractivity contribution in [2.75, 3.05) is 19.0 Å². The molecular weight excluding hydrogens is 472 g/mol. The highest BCUT2D eigenvalue weighted by Gasteiger charge is 2.63. The first kappa shape index (κ1) is 22.8. The van der Waals surface area contributed by atoms with E-state index in [2.05, 4.69) is 19.5 Å². The third-order valence-electron chi connectivity index (χ3n) is 6.79. The van der Waals surface area contributed by atoms with Crippen LogP contribution in [0.25, 0.3) is 0 Å². The predicted molar refractivity (Wildman–Crippen MR) is 119 cm³/mol. The zero-order valence-electron chi connectivity index (χ0n) is 17.8. The fraction of sp³-hybridized carbons (Fsp3) is 0.524. The van der Waals surface area contributed by atoms with Gasteiger partial charge in [-0.15, -0.1) is 0 Å². The van der Waals surface area contributed by atoms with Gasteiger partial charge >= 0.3 is 10.3 Å². The van der Waals surface area contributed by atoms with Gasteiger partial charge in [-0.05, 0) is 29.7 Å². The van der Waals surface area contributed by atoms with Gasteiger partial charge in [0.2, 0.25) is 5.88 Å². The molecular formula is C21H25ClN4O6S. The normalized spacial score (nSPS) is 32.3. The Morgan fingerprint density at radius 3 is 2.82 bits per heavy atom. The number of aliphatic hydroxyl groups is 1. The number of aliphatic hydroxyl groups excluding tert-OH is 1. The molecule has 0 radical (unpaired) electrons. The summed E-state index contributed by atoms with van der Waals surface area (Å²) in [6, 6.07) is 7.45. The second kappa shape index (κ2) is 8.64. The lowest BCUT2D eigenvalue weighted by Gasteiger charge is -2.22. The summed E-state index contributed by atoms with van der Waals surface area (Å²) in [5, 5.41) is 19.5. The van der Waals surface area contributed by atoms with Crippen molar-refractivity contribution in [2.45, 2.75) is 37.2 Å².